The van der Waals surface area contributed by atoms with E-state index in [1.165, 1.54) is 11.8 Å². The quantitative estimate of drug-likeness (QED) is 0.561. The van der Waals surface area contributed by atoms with Gasteiger partial charge in [-0.3, -0.25) is 9.36 Å². The number of halogens is 1. The van der Waals surface area contributed by atoms with E-state index in [0.29, 0.717) is 28.0 Å². The molecule has 0 aliphatic rings. The number of nitrogens with one attached hydrogen (secondary N) is 1. The zero-order valence-electron chi connectivity index (χ0n) is 14.5. The van der Waals surface area contributed by atoms with E-state index in [1.54, 1.807) is 0 Å². The van der Waals surface area contributed by atoms with Crippen LogP contribution in [0.25, 0.3) is 11.6 Å². The van der Waals surface area contributed by atoms with E-state index in [-0.39, 0.29) is 17.7 Å². The minimum atomic E-state index is -0.0422. The van der Waals surface area contributed by atoms with Crippen LogP contribution < -0.4 is 5.32 Å². The zero-order valence-corrected chi connectivity index (χ0v) is 16.9. The highest BCUT2D eigenvalue weighted by molar-refractivity contribution is 9.10. The van der Waals surface area contributed by atoms with Crippen molar-refractivity contribution in [3.63, 3.8) is 0 Å². The third-order valence-corrected chi connectivity index (χ3v) is 5.01. The van der Waals surface area contributed by atoms with Gasteiger partial charge < -0.3 is 9.73 Å². The van der Waals surface area contributed by atoms with Crippen LogP contribution in [0.3, 0.4) is 0 Å². The van der Waals surface area contributed by atoms with Gasteiger partial charge in [-0.15, -0.1) is 10.2 Å². The Bertz CT molecular complexity index is 876. The number of hydrogen-bond acceptors (Lipinski definition) is 5. The number of thioether (sulfide) groups is 1. The topological polar surface area (TPSA) is 73.0 Å². The second-order valence-electron chi connectivity index (χ2n) is 5.92. The van der Waals surface area contributed by atoms with Gasteiger partial charge in [0.1, 0.15) is 0 Å². The van der Waals surface area contributed by atoms with E-state index >= 15 is 0 Å². The number of amides is 1. The Morgan fingerprint density at radius 2 is 2.00 bits per heavy atom. The molecule has 3 rings (SSSR count). The summed E-state index contributed by atoms with van der Waals surface area (Å²) >= 11 is 4.67. The van der Waals surface area contributed by atoms with Crippen LogP contribution in [0.1, 0.15) is 25.5 Å². The van der Waals surface area contributed by atoms with Crippen molar-refractivity contribution in [3.8, 4) is 11.6 Å². The van der Waals surface area contributed by atoms with Crippen LogP contribution in [0.2, 0.25) is 0 Å². The average Bonchev–Trinajstić information content (AvgIpc) is 3.25. The molecule has 1 aromatic carbocycles. The highest BCUT2D eigenvalue weighted by Gasteiger charge is 2.20. The summed E-state index contributed by atoms with van der Waals surface area (Å²) in [6.07, 6.45) is 0. The van der Waals surface area contributed by atoms with E-state index < -0.39 is 0 Å². The first-order valence-corrected chi connectivity index (χ1v) is 9.96. The molecule has 0 aliphatic carbocycles. The van der Waals surface area contributed by atoms with Crippen molar-refractivity contribution >= 4 is 33.6 Å². The standard InChI is InChI=1S/C18H19BrN4O2S/c1-12(2)23-17(14-8-9-15(19)25-14)21-22-18(23)26-11-16(24)20-10-13-6-4-3-5-7-13/h3-9,12H,10-11H2,1-2H3,(H,20,24). The minimum Gasteiger partial charge on any atom is -0.446 e. The van der Waals surface area contributed by atoms with Crippen molar-refractivity contribution in [3.05, 3.63) is 52.7 Å². The SMILES string of the molecule is CC(C)n1c(SCC(=O)NCc2ccccc2)nnc1-c1ccc(Br)o1. The normalized spacial score (nSPS) is 11.1. The van der Waals surface area contributed by atoms with Gasteiger partial charge in [-0.05, 0) is 47.5 Å². The number of hydrogen-bond donors (Lipinski definition) is 1. The van der Waals surface area contributed by atoms with Crippen LogP contribution in [0, 0.1) is 0 Å². The predicted molar refractivity (Wildman–Crippen MR) is 105 cm³/mol. The lowest BCUT2D eigenvalue weighted by Crippen LogP contribution is -2.24. The number of rotatable bonds is 7. The van der Waals surface area contributed by atoms with Crippen LogP contribution >= 0.6 is 27.7 Å². The smallest absolute Gasteiger partial charge is 0.230 e. The molecule has 6 nitrogen and oxygen atoms in total. The molecule has 26 heavy (non-hydrogen) atoms. The van der Waals surface area contributed by atoms with Crippen molar-refractivity contribution in [1.82, 2.24) is 20.1 Å². The molecule has 0 aliphatic heterocycles. The molecule has 3 aromatic rings. The number of carbonyl (C=O) groups is 1. The Labute approximate surface area is 164 Å². The largest absolute Gasteiger partial charge is 0.446 e. The maximum Gasteiger partial charge on any atom is 0.230 e. The zero-order chi connectivity index (χ0) is 18.5. The lowest BCUT2D eigenvalue weighted by atomic mass is 10.2. The molecule has 1 amide bonds. The summed E-state index contributed by atoms with van der Waals surface area (Å²) in [4.78, 5) is 12.1. The van der Waals surface area contributed by atoms with E-state index in [0.717, 1.165) is 5.56 Å². The van der Waals surface area contributed by atoms with Gasteiger partial charge >= 0.3 is 0 Å². The number of carbonyl (C=O) groups excluding carboxylic acids is 1. The molecule has 136 valence electrons. The first kappa shape index (κ1) is 18.7. The molecule has 0 unspecified atom stereocenters. The van der Waals surface area contributed by atoms with Crippen molar-refractivity contribution in [2.75, 3.05) is 5.75 Å². The Morgan fingerprint density at radius 3 is 2.65 bits per heavy atom. The van der Waals surface area contributed by atoms with Crippen LogP contribution in [0.15, 0.2) is 56.7 Å². The summed E-state index contributed by atoms with van der Waals surface area (Å²) in [5.74, 6) is 1.52. The van der Waals surface area contributed by atoms with Crippen LogP contribution in [-0.2, 0) is 11.3 Å². The van der Waals surface area contributed by atoms with Crippen LogP contribution in [0.4, 0.5) is 0 Å². The first-order valence-electron chi connectivity index (χ1n) is 8.18. The fourth-order valence-electron chi connectivity index (χ4n) is 2.42. The molecule has 8 heteroatoms. The Morgan fingerprint density at radius 1 is 1.23 bits per heavy atom. The van der Waals surface area contributed by atoms with E-state index in [2.05, 4.69) is 31.4 Å². The molecule has 0 bridgehead atoms. The molecule has 0 saturated carbocycles. The van der Waals surface area contributed by atoms with Crippen LogP contribution in [0.5, 0.6) is 0 Å². The molecular weight excluding hydrogens is 416 g/mol. The third-order valence-electron chi connectivity index (χ3n) is 3.64. The number of aromatic nitrogens is 3. The maximum absolute atomic E-state index is 12.1. The van der Waals surface area contributed by atoms with E-state index in [1.807, 2.05) is 60.9 Å². The van der Waals surface area contributed by atoms with Gasteiger partial charge in [0.05, 0.1) is 5.75 Å². The number of nitrogens with zero attached hydrogens (tertiary/aromatic N) is 3. The number of furan rings is 1. The van der Waals surface area contributed by atoms with Crippen LogP contribution in [-0.4, -0.2) is 26.4 Å². The second kappa shape index (κ2) is 8.55. The summed E-state index contributed by atoms with van der Waals surface area (Å²) < 4.78 is 8.20. The molecule has 0 atom stereocenters. The van der Waals surface area contributed by atoms with Crippen molar-refractivity contribution in [2.45, 2.75) is 31.6 Å². The van der Waals surface area contributed by atoms with Gasteiger partial charge in [-0.2, -0.15) is 0 Å². The molecule has 0 radical (unpaired) electrons. The van der Waals surface area contributed by atoms with Gasteiger partial charge in [0.2, 0.25) is 11.7 Å². The summed E-state index contributed by atoms with van der Waals surface area (Å²) in [7, 11) is 0. The molecular formula is C18H19BrN4O2S. The average molecular weight is 435 g/mol. The van der Waals surface area contributed by atoms with Gasteiger partial charge in [0.15, 0.2) is 15.6 Å². The monoisotopic (exact) mass is 434 g/mol. The van der Waals surface area contributed by atoms with Gasteiger partial charge in [0, 0.05) is 12.6 Å². The molecule has 0 fully saturated rings. The molecule has 0 saturated heterocycles. The maximum atomic E-state index is 12.1. The van der Waals surface area contributed by atoms with E-state index in [9.17, 15) is 4.79 Å². The fraction of sp³-hybridized carbons (Fsp3) is 0.278. The van der Waals surface area contributed by atoms with Crippen molar-refractivity contribution in [1.29, 1.82) is 0 Å². The predicted octanol–water partition coefficient (Wildman–Crippen LogP) is 4.29. The van der Waals surface area contributed by atoms with Crippen molar-refractivity contribution in [2.24, 2.45) is 0 Å². The summed E-state index contributed by atoms with van der Waals surface area (Å²) in [5.41, 5.74) is 1.07. The number of benzene rings is 1. The van der Waals surface area contributed by atoms with Gasteiger partial charge in [0.25, 0.3) is 0 Å². The summed E-state index contributed by atoms with van der Waals surface area (Å²) in [6, 6.07) is 13.6. The molecule has 2 aromatic heterocycles. The van der Waals surface area contributed by atoms with Gasteiger partial charge in [-0.25, -0.2) is 0 Å². The molecule has 0 spiro atoms. The summed E-state index contributed by atoms with van der Waals surface area (Å²) in [6.45, 7) is 4.61. The first-order chi connectivity index (χ1) is 12.5. The lowest BCUT2D eigenvalue weighted by molar-refractivity contribution is -0.118. The highest BCUT2D eigenvalue weighted by Crippen LogP contribution is 2.29. The highest BCUT2D eigenvalue weighted by atomic mass is 79.9. The van der Waals surface area contributed by atoms with Gasteiger partial charge in [-0.1, -0.05) is 42.1 Å². The third kappa shape index (κ3) is 4.56. The minimum absolute atomic E-state index is 0.0422. The Kier molecular flexibility index (Phi) is 6.16. The Hall–Kier alpha value is -2.06. The molecule has 1 N–H and O–H groups in total. The molecule has 2 heterocycles. The summed E-state index contributed by atoms with van der Waals surface area (Å²) in [5, 5.41) is 12.1. The van der Waals surface area contributed by atoms with E-state index in [4.69, 9.17) is 4.42 Å². The lowest BCUT2D eigenvalue weighted by Gasteiger charge is -2.12. The van der Waals surface area contributed by atoms with Crippen molar-refractivity contribution < 1.29 is 9.21 Å². The second-order valence-corrected chi connectivity index (χ2v) is 7.65. The Balaban J connectivity index is 1.64. The fourth-order valence-corrected chi connectivity index (χ4v) is 3.62.